The maximum atomic E-state index is 11.7. The SMILES string of the molecule is O=C(COC(=O)COc1ccc2c(c1)CCC2)NCc1cccc(Cl)c1. The Bertz CT molecular complexity index is 806. The number of halogens is 1. The van der Waals surface area contributed by atoms with Crippen molar-refractivity contribution in [3.05, 3.63) is 64.2 Å². The molecule has 6 heteroatoms. The molecule has 0 unspecified atom stereocenters. The van der Waals surface area contributed by atoms with E-state index < -0.39 is 5.97 Å². The maximum absolute atomic E-state index is 11.7. The molecule has 1 amide bonds. The zero-order valence-corrected chi connectivity index (χ0v) is 15.1. The summed E-state index contributed by atoms with van der Waals surface area (Å²) in [6.45, 7) is -0.240. The predicted molar refractivity (Wildman–Crippen MR) is 98.2 cm³/mol. The fraction of sp³-hybridized carbons (Fsp3) is 0.300. The average Bonchev–Trinajstić information content (AvgIpc) is 3.11. The monoisotopic (exact) mass is 373 g/mol. The van der Waals surface area contributed by atoms with Crippen molar-refractivity contribution >= 4 is 23.5 Å². The summed E-state index contributed by atoms with van der Waals surface area (Å²) >= 11 is 5.88. The summed E-state index contributed by atoms with van der Waals surface area (Å²) in [4.78, 5) is 23.5. The Balaban J connectivity index is 1.36. The van der Waals surface area contributed by atoms with Gasteiger partial charge in [-0.05, 0) is 60.2 Å². The van der Waals surface area contributed by atoms with Crippen LogP contribution >= 0.6 is 11.6 Å². The molecule has 3 rings (SSSR count). The number of carbonyl (C=O) groups excluding carboxylic acids is 2. The van der Waals surface area contributed by atoms with Crippen molar-refractivity contribution in [2.45, 2.75) is 25.8 Å². The van der Waals surface area contributed by atoms with Gasteiger partial charge in [0, 0.05) is 11.6 Å². The summed E-state index contributed by atoms with van der Waals surface area (Å²) in [5.41, 5.74) is 3.49. The molecule has 0 fully saturated rings. The van der Waals surface area contributed by atoms with Crippen LogP contribution in [0.25, 0.3) is 0 Å². The third-order valence-corrected chi connectivity index (χ3v) is 4.40. The van der Waals surface area contributed by atoms with Gasteiger partial charge in [0.1, 0.15) is 5.75 Å². The zero-order valence-electron chi connectivity index (χ0n) is 14.3. The average molecular weight is 374 g/mol. The van der Waals surface area contributed by atoms with Crippen molar-refractivity contribution in [3.8, 4) is 5.75 Å². The van der Waals surface area contributed by atoms with Gasteiger partial charge >= 0.3 is 5.97 Å². The van der Waals surface area contributed by atoms with E-state index in [0.29, 0.717) is 17.3 Å². The summed E-state index contributed by atoms with van der Waals surface area (Å²) in [7, 11) is 0. The summed E-state index contributed by atoms with van der Waals surface area (Å²) < 4.78 is 10.4. The molecule has 1 N–H and O–H groups in total. The Morgan fingerprint density at radius 1 is 1.04 bits per heavy atom. The lowest BCUT2D eigenvalue weighted by Gasteiger charge is -2.09. The summed E-state index contributed by atoms with van der Waals surface area (Å²) in [5.74, 6) is -0.313. The maximum Gasteiger partial charge on any atom is 0.344 e. The van der Waals surface area contributed by atoms with Gasteiger partial charge < -0.3 is 14.8 Å². The van der Waals surface area contributed by atoms with Crippen LogP contribution in [0.4, 0.5) is 0 Å². The van der Waals surface area contributed by atoms with E-state index in [1.807, 2.05) is 24.3 Å². The molecule has 0 aromatic heterocycles. The quantitative estimate of drug-likeness (QED) is 0.757. The Hall–Kier alpha value is -2.53. The highest BCUT2D eigenvalue weighted by atomic mass is 35.5. The van der Waals surface area contributed by atoms with Crippen LogP contribution in [0.15, 0.2) is 42.5 Å². The lowest BCUT2D eigenvalue weighted by molar-refractivity contribution is -0.150. The predicted octanol–water partition coefficient (Wildman–Crippen LogP) is 3.07. The van der Waals surface area contributed by atoms with Gasteiger partial charge in [0.15, 0.2) is 13.2 Å². The van der Waals surface area contributed by atoms with Crippen molar-refractivity contribution in [1.29, 1.82) is 0 Å². The largest absolute Gasteiger partial charge is 0.482 e. The third-order valence-electron chi connectivity index (χ3n) is 4.17. The minimum Gasteiger partial charge on any atom is -0.482 e. The summed E-state index contributed by atoms with van der Waals surface area (Å²) in [6, 6.07) is 13.0. The molecule has 1 aliphatic carbocycles. The molecule has 0 aliphatic heterocycles. The van der Waals surface area contributed by atoms with E-state index in [1.165, 1.54) is 11.1 Å². The molecule has 0 atom stereocenters. The Labute approximate surface area is 157 Å². The Morgan fingerprint density at radius 3 is 2.73 bits per heavy atom. The van der Waals surface area contributed by atoms with E-state index in [9.17, 15) is 9.59 Å². The van der Waals surface area contributed by atoms with Crippen molar-refractivity contribution in [1.82, 2.24) is 5.32 Å². The van der Waals surface area contributed by atoms with E-state index >= 15 is 0 Å². The minimum absolute atomic E-state index is 0.222. The molecule has 0 saturated carbocycles. The number of esters is 1. The number of carbonyl (C=O) groups is 2. The first-order chi connectivity index (χ1) is 12.6. The van der Waals surface area contributed by atoms with Crippen molar-refractivity contribution in [2.24, 2.45) is 0 Å². The number of rotatable bonds is 7. The second-order valence-electron chi connectivity index (χ2n) is 6.14. The van der Waals surface area contributed by atoms with E-state index in [4.69, 9.17) is 21.1 Å². The van der Waals surface area contributed by atoms with Crippen LogP contribution in [0.2, 0.25) is 5.02 Å². The number of benzene rings is 2. The summed E-state index contributed by atoms with van der Waals surface area (Å²) in [6.07, 6.45) is 3.30. The highest BCUT2D eigenvalue weighted by Crippen LogP contribution is 2.25. The van der Waals surface area contributed by atoms with E-state index in [-0.39, 0.29) is 19.1 Å². The van der Waals surface area contributed by atoms with Crippen molar-refractivity contribution in [2.75, 3.05) is 13.2 Å². The normalized spacial score (nSPS) is 12.3. The standard InChI is InChI=1S/C20H20ClNO4/c21-17-6-1-3-14(9-17)11-22-19(23)12-26-20(24)13-25-18-8-7-15-4-2-5-16(15)10-18/h1,3,6-10H,2,4-5,11-13H2,(H,22,23). The molecule has 2 aromatic rings. The Kier molecular flexibility index (Phi) is 6.12. The first-order valence-corrected chi connectivity index (χ1v) is 8.89. The molecular weight excluding hydrogens is 354 g/mol. The first kappa shape index (κ1) is 18.3. The van der Waals surface area contributed by atoms with Crippen LogP contribution in [0.3, 0.4) is 0 Å². The molecule has 0 heterocycles. The van der Waals surface area contributed by atoms with E-state index in [2.05, 4.69) is 5.32 Å². The fourth-order valence-electron chi connectivity index (χ4n) is 2.87. The van der Waals surface area contributed by atoms with Crippen LogP contribution in [-0.2, 0) is 33.7 Å². The molecule has 2 aromatic carbocycles. The van der Waals surface area contributed by atoms with Gasteiger partial charge in [-0.25, -0.2) is 4.79 Å². The van der Waals surface area contributed by atoms with Crippen LogP contribution in [-0.4, -0.2) is 25.1 Å². The molecule has 0 radical (unpaired) electrons. The topological polar surface area (TPSA) is 64.6 Å². The molecule has 5 nitrogen and oxygen atoms in total. The fourth-order valence-corrected chi connectivity index (χ4v) is 3.08. The number of fused-ring (bicyclic) bond motifs is 1. The van der Waals surface area contributed by atoms with Crippen molar-refractivity contribution in [3.63, 3.8) is 0 Å². The molecule has 0 bridgehead atoms. The summed E-state index contributed by atoms with van der Waals surface area (Å²) in [5, 5.41) is 3.27. The molecule has 0 spiro atoms. The number of aryl methyl sites for hydroxylation is 2. The number of nitrogens with one attached hydrogen (secondary N) is 1. The lowest BCUT2D eigenvalue weighted by atomic mass is 10.1. The second kappa shape index (κ2) is 8.72. The van der Waals surface area contributed by atoms with Gasteiger partial charge in [-0.1, -0.05) is 29.8 Å². The lowest BCUT2D eigenvalue weighted by Crippen LogP contribution is -2.29. The minimum atomic E-state index is -0.580. The third kappa shape index (κ3) is 5.23. The van der Waals surface area contributed by atoms with Gasteiger partial charge in [-0.15, -0.1) is 0 Å². The van der Waals surface area contributed by atoms with Crippen LogP contribution in [0.1, 0.15) is 23.1 Å². The number of ether oxygens (including phenoxy) is 2. The highest BCUT2D eigenvalue weighted by Gasteiger charge is 2.13. The number of hydrogen-bond acceptors (Lipinski definition) is 4. The van der Waals surface area contributed by atoms with Gasteiger partial charge in [-0.3, -0.25) is 4.79 Å². The second-order valence-corrected chi connectivity index (χ2v) is 6.58. The molecule has 0 saturated heterocycles. The van der Waals surface area contributed by atoms with Gasteiger partial charge in [-0.2, -0.15) is 0 Å². The Morgan fingerprint density at radius 2 is 1.88 bits per heavy atom. The van der Waals surface area contributed by atoms with E-state index in [0.717, 1.165) is 24.8 Å². The first-order valence-electron chi connectivity index (χ1n) is 8.51. The molecule has 1 aliphatic rings. The highest BCUT2D eigenvalue weighted by molar-refractivity contribution is 6.30. The smallest absolute Gasteiger partial charge is 0.344 e. The molecule has 26 heavy (non-hydrogen) atoms. The van der Waals surface area contributed by atoms with Gasteiger partial charge in [0.2, 0.25) is 0 Å². The molecule has 136 valence electrons. The van der Waals surface area contributed by atoms with Crippen molar-refractivity contribution < 1.29 is 19.1 Å². The molecular formula is C20H20ClNO4. The number of hydrogen-bond donors (Lipinski definition) is 1. The van der Waals surface area contributed by atoms with E-state index in [1.54, 1.807) is 18.2 Å². The van der Waals surface area contributed by atoms with Crippen LogP contribution in [0.5, 0.6) is 5.75 Å². The zero-order chi connectivity index (χ0) is 18.4. The van der Waals surface area contributed by atoms with Gasteiger partial charge in [0.25, 0.3) is 5.91 Å². The number of amides is 1. The van der Waals surface area contributed by atoms with Crippen LogP contribution < -0.4 is 10.1 Å². The van der Waals surface area contributed by atoms with Gasteiger partial charge in [0.05, 0.1) is 0 Å². The van der Waals surface area contributed by atoms with Crippen LogP contribution in [0, 0.1) is 0 Å².